The van der Waals surface area contributed by atoms with Gasteiger partial charge >= 0.3 is 5.97 Å². The third-order valence-corrected chi connectivity index (χ3v) is 4.58. The van der Waals surface area contributed by atoms with Crippen molar-refractivity contribution in [2.75, 3.05) is 0 Å². The van der Waals surface area contributed by atoms with Crippen LogP contribution in [0.2, 0.25) is 0 Å². The third kappa shape index (κ3) is 3.06. The standard InChI is InChI=1S/C20H18N2O4/c1-11-17(26-19(21-11)13-7-8-13)18(23)22-16(20(24)25)15-9-6-12-4-2-3-5-14(12)10-15/h2-6,9-10,13,16H,7-8H2,1H3,(H,22,23)(H,24,25). The molecule has 1 saturated carbocycles. The number of carboxylic acids is 1. The number of oxazole rings is 1. The Bertz CT molecular complexity index is 1000. The molecule has 2 N–H and O–H groups in total. The average Bonchev–Trinajstić information content (AvgIpc) is 3.41. The first-order valence-electron chi connectivity index (χ1n) is 8.52. The van der Waals surface area contributed by atoms with E-state index >= 15 is 0 Å². The molecule has 0 radical (unpaired) electrons. The number of amides is 1. The molecule has 1 fully saturated rings. The molecular formula is C20H18N2O4. The second-order valence-corrected chi connectivity index (χ2v) is 6.59. The van der Waals surface area contributed by atoms with E-state index in [2.05, 4.69) is 10.3 Å². The lowest BCUT2D eigenvalue weighted by molar-refractivity contribution is -0.139. The number of benzene rings is 2. The van der Waals surface area contributed by atoms with Crippen LogP contribution in [0.15, 0.2) is 46.9 Å². The number of carboxylic acid groups (broad SMARTS) is 1. The van der Waals surface area contributed by atoms with Crippen molar-refractivity contribution in [3.63, 3.8) is 0 Å². The first kappa shape index (κ1) is 16.3. The van der Waals surface area contributed by atoms with E-state index in [0.717, 1.165) is 23.6 Å². The number of hydrogen-bond donors (Lipinski definition) is 2. The predicted octanol–water partition coefficient (Wildman–Crippen LogP) is 3.57. The minimum atomic E-state index is -1.17. The largest absolute Gasteiger partial charge is 0.479 e. The molecule has 4 rings (SSSR count). The number of aliphatic carboxylic acids is 1. The summed E-state index contributed by atoms with van der Waals surface area (Å²) in [5, 5.41) is 14.1. The maximum absolute atomic E-state index is 12.6. The molecule has 0 aliphatic heterocycles. The van der Waals surface area contributed by atoms with Gasteiger partial charge in [-0.25, -0.2) is 9.78 Å². The molecule has 2 aromatic carbocycles. The normalized spacial score (nSPS) is 15.0. The van der Waals surface area contributed by atoms with Gasteiger partial charge in [-0.2, -0.15) is 0 Å². The summed E-state index contributed by atoms with van der Waals surface area (Å²) in [6.45, 7) is 1.69. The average molecular weight is 350 g/mol. The van der Waals surface area contributed by atoms with Crippen LogP contribution in [0.25, 0.3) is 10.8 Å². The van der Waals surface area contributed by atoms with Gasteiger partial charge in [0, 0.05) is 5.92 Å². The van der Waals surface area contributed by atoms with E-state index in [0.29, 0.717) is 17.1 Å². The first-order valence-corrected chi connectivity index (χ1v) is 8.52. The van der Waals surface area contributed by atoms with E-state index < -0.39 is 17.9 Å². The molecule has 0 spiro atoms. The molecule has 3 aromatic rings. The van der Waals surface area contributed by atoms with Gasteiger partial charge in [-0.15, -0.1) is 0 Å². The molecule has 0 bridgehead atoms. The van der Waals surface area contributed by atoms with Crippen molar-refractivity contribution in [3.05, 3.63) is 65.4 Å². The Balaban J connectivity index is 1.61. The number of fused-ring (bicyclic) bond motifs is 1. The number of carbonyl (C=O) groups is 2. The second kappa shape index (κ2) is 6.29. The summed E-state index contributed by atoms with van der Waals surface area (Å²) < 4.78 is 5.57. The Morgan fingerprint density at radius 3 is 2.62 bits per heavy atom. The minimum Gasteiger partial charge on any atom is -0.479 e. The van der Waals surface area contributed by atoms with E-state index in [9.17, 15) is 14.7 Å². The Kier molecular flexibility index (Phi) is 3.95. The predicted molar refractivity (Wildman–Crippen MR) is 95.0 cm³/mol. The lowest BCUT2D eigenvalue weighted by Crippen LogP contribution is -2.33. The Morgan fingerprint density at radius 1 is 1.19 bits per heavy atom. The summed E-state index contributed by atoms with van der Waals surface area (Å²) in [6, 6.07) is 11.8. The van der Waals surface area contributed by atoms with Crippen molar-refractivity contribution in [1.29, 1.82) is 0 Å². The Labute approximate surface area is 149 Å². The number of rotatable bonds is 5. The lowest BCUT2D eigenvalue weighted by atomic mass is 10.0. The van der Waals surface area contributed by atoms with E-state index in [-0.39, 0.29) is 11.7 Å². The van der Waals surface area contributed by atoms with Crippen molar-refractivity contribution < 1.29 is 19.1 Å². The highest BCUT2D eigenvalue weighted by Crippen LogP contribution is 2.40. The molecule has 1 aliphatic rings. The number of aryl methyl sites for hydroxylation is 1. The monoisotopic (exact) mass is 350 g/mol. The summed E-state index contributed by atoms with van der Waals surface area (Å²) in [5.74, 6) is -0.772. The van der Waals surface area contributed by atoms with Crippen molar-refractivity contribution in [2.24, 2.45) is 0 Å². The highest BCUT2D eigenvalue weighted by Gasteiger charge is 2.32. The first-order chi connectivity index (χ1) is 12.5. The zero-order valence-electron chi connectivity index (χ0n) is 14.2. The van der Waals surface area contributed by atoms with Crippen LogP contribution in [-0.4, -0.2) is 22.0 Å². The summed E-state index contributed by atoms with van der Waals surface area (Å²) in [4.78, 5) is 28.6. The Morgan fingerprint density at radius 2 is 1.92 bits per heavy atom. The van der Waals surface area contributed by atoms with Gasteiger partial charge in [0.1, 0.15) is 0 Å². The summed E-state index contributed by atoms with van der Waals surface area (Å²) in [5.41, 5.74) is 0.983. The van der Waals surface area contributed by atoms with Gasteiger partial charge < -0.3 is 14.8 Å². The summed E-state index contributed by atoms with van der Waals surface area (Å²) in [6.07, 6.45) is 2.02. The number of carbonyl (C=O) groups excluding carboxylic acids is 1. The van der Waals surface area contributed by atoms with Gasteiger partial charge in [0.25, 0.3) is 5.91 Å². The zero-order chi connectivity index (χ0) is 18.3. The maximum atomic E-state index is 12.6. The molecule has 1 unspecified atom stereocenters. The van der Waals surface area contributed by atoms with Crippen molar-refractivity contribution in [1.82, 2.24) is 10.3 Å². The van der Waals surface area contributed by atoms with Crippen molar-refractivity contribution in [3.8, 4) is 0 Å². The number of hydrogen-bond acceptors (Lipinski definition) is 4. The number of nitrogens with one attached hydrogen (secondary N) is 1. The molecule has 132 valence electrons. The minimum absolute atomic E-state index is 0.0824. The van der Waals surface area contributed by atoms with Crippen LogP contribution in [0.4, 0.5) is 0 Å². The maximum Gasteiger partial charge on any atom is 0.330 e. The molecular weight excluding hydrogens is 332 g/mol. The molecule has 0 saturated heterocycles. The molecule has 1 aliphatic carbocycles. The van der Waals surface area contributed by atoms with Gasteiger partial charge in [-0.1, -0.05) is 36.4 Å². The van der Waals surface area contributed by atoms with Crippen LogP contribution in [0, 0.1) is 6.92 Å². The molecule has 1 heterocycles. The van der Waals surface area contributed by atoms with Crippen LogP contribution in [0.1, 0.15) is 52.5 Å². The van der Waals surface area contributed by atoms with Gasteiger partial charge in [0.05, 0.1) is 5.69 Å². The van der Waals surface area contributed by atoms with E-state index in [4.69, 9.17) is 4.42 Å². The second-order valence-electron chi connectivity index (χ2n) is 6.59. The zero-order valence-corrected chi connectivity index (χ0v) is 14.2. The SMILES string of the molecule is Cc1nc(C2CC2)oc1C(=O)NC(C(=O)O)c1ccc2ccccc2c1. The highest BCUT2D eigenvalue weighted by atomic mass is 16.4. The number of aromatic nitrogens is 1. The fraction of sp³-hybridized carbons (Fsp3) is 0.250. The summed E-state index contributed by atoms with van der Waals surface area (Å²) in [7, 11) is 0. The van der Waals surface area contributed by atoms with Gasteiger partial charge in [-0.3, -0.25) is 4.79 Å². The van der Waals surface area contributed by atoms with Crippen molar-refractivity contribution in [2.45, 2.75) is 31.7 Å². The quantitative estimate of drug-likeness (QED) is 0.734. The topological polar surface area (TPSA) is 92.4 Å². The fourth-order valence-electron chi connectivity index (χ4n) is 3.00. The molecule has 6 heteroatoms. The number of nitrogens with zero attached hydrogens (tertiary/aromatic N) is 1. The van der Waals surface area contributed by atoms with Gasteiger partial charge in [0.15, 0.2) is 11.9 Å². The van der Waals surface area contributed by atoms with E-state index in [1.54, 1.807) is 19.1 Å². The van der Waals surface area contributed by atoms with Gasteiger partial charge in [0.2, 0.25) is 5.76 Å². The van der Waals surface area contributed by atoms with E-state index in [1.807, 2.05) is 30.3 Å². The summed E-state index contributed by atoms with van der Waals surface area (Å²) >= 11 is 0. The van der Waals surface area contributed by atoms with Crippen LogP contribution in [0.3, 0.4) is 0 Å². The van der Waals surface area contributed by atoms with Gasteiger partial charge in [-0.05, 0) is 42.2 Å². The fourth-order valence-corrected chi connectivity index (χ4v) is 3.00. The van der Waals surface area contributed by atoms with Crippen LogP contribution in [-0.2, 0) is 4.79 Å². The Hall–Kier alpha value is -3.15. The van der Waals surface area contributed by atoms with Crippen molar-refractivity contribution >= 4 is 22.6 Å². The molecule has 1 atom stereocenters. The molecule has 26 heavy (non-hydrogen) atoms. The molecule has 1 amide bonds. The third-order valence-electron chi connectivity index (χ3n) is 4.58. The molecule has 6 nitrogen and oxygen atoms in total. The molecule has 1 aromatic heterocycles. The van der Waals surface area contributed by atoms with Crippen LogP contribution < -0.4 is 5.32 Å². The smallest absolute Gasteiger partial charge is 0.330 e. The lowest BCUT2D eigenvalue weighted by Gasteiger charge is -2.15. The van der Waals surface area contributed by atoms with Crippen LogP contribution in [0.5, 0.6) is 0 Å². The highest BCUT2D eigenvalue weighted by molar-refractivity contribution is 5.95. The van der Waals surface area contributed by atoms with Crippen LogP contribution >= 0.6 is 0 Å². The van der Waals surface area contributed by atoms with E-state index in [1.165, 1.54) is 0 Å².